The molecule has 32 heavy (non-hydrogen) atoms. The number of hydrogen-bond donors (Lipinski definition) is 1. The Bertz CT molecular complexity index is 1070. The van der Waals surface area contributed by atoms with Gasteiger partial charge < -0.3 is 14.6 Å². The Labute approximate surface area is 190 Å². The highest BCUT2D eigenvalue weighted by atomic mass is 16.5. The van der Waals surface area contributed by atoms with Crippen molar-refractivity contribution in [2.45, 2.75) is 71.0 Å². The number of hydrogen-bond acceptors (Lipinski definition) is 4. The number of ether oxygens (including phenoxy) is 1. The molecule has 0 saturated heterocycles. The van der Waals surface area contributed by atoms with E-state index < -0.39 is 0 Å². The summed E-state index contributed by atoms with van der Waals surface area (Å²) in [4.78, 5) is 16.7. The molecule has 0 unspecified atom stereocenters. The molecule has 1 aliphatic carbocycles. The number of aromatic nitrogens is 2. The van der Waals surface area contributed by atoms with Gasteiger partial charge in [-0.15, -0.1) is 0 Å². The Morgan fingerprint density at radius 3 is 2.53 bits per heavy atom. The van der Waals surface area contributed by atoms with E-state index in [2.05, 4.69) is 41.5 Å². The highest BCUT2D eigenvalue weighted by Crippen LogP contribution is 2.28. The molecule has 5 nitrogen and oxygen atoms in total. The molecule has 1 fully saturated rings. The van der Waals surface area contributed by atoms with Gasteiger partial charge >= 0.3 is 0 Å². The van der Waals surface area contributed by atoms with Gasteiger partial charge in [0.2, 0.25) is 0 Å². The molecular formula is C27H35N3O2. The van der Waals surface area contributed by atoms with Gasteiger partial charge in [0.1, 0.15) is 5.75 Å². The van der Waals surface area contributed by atoms with Crippen LogP contribution in [-0.4, -0.2) is 22.7 Å². The van der Waals surface area contributed by atoms with Crippen LogP contribution in [0.4, 0.5) is 0 Å². The van der Waals surface area contributed by atoms with Crippen LogP contribution in [0, 0.1) is 5.92 Å². The lowest BCUT2D eigenvalue weighted by molar-refractivity contribution is 0.272. The fourth-order valence-corrected chi connectivity index (χ4v) is 4.85. The van der Waals surface area contributed by atoms with Crippen molar-refractivity contribution in [3.63, 3.8) is 0 Å². The Morgan fingerprint density at radius 1 is 1.06 bits per heavy atom. The summed E-state index contributed by atoms with van der Waals surface area (Å²) in [5.41, 5.74) is 4.43. The van der Waals surface area contributed by atoms with E-state index in [4.69, 9.17) is 4.74 Å². The third-order valence-electron chi connectivity index (χ3n) is 6.92. The summed E-state index contributed by atoms with van der Waals surface area (Å²) < 4.78 is 7.19. The molecule has 0 radical (unpaired) electrons. The van der Waals surface area contributed by atoms with E-state index in [1.807, 2.05) is 22.8 Å². The Balaban J connectivity index is 1.24. The van der Waals surface area contributed by atoms with Crippen molar-refractivity contribution in [1.29, 1.82) is 0 Å². The quantitative estimate of drug-likeness (QED) is 0.510. The van der Waals surface area contributed by atoms with Gasteiger partial charge in [-0.3, -0.25) is 4.79 Å². The number of fused-ring (bicyclic) bond motifs is 1. The maximum absolute atomic E-state index is 12.4. The number of nitrogens with one attached hydrogen (secondary N) is 1. The van der Waals surface area contributed by atoms with Gasteiger partial charge in [-0.1, -0.05) is 31.2 Å². The van der Waals surface area contributed by atoms with Crippen molar-refractivity contribution >= 4 is 11.0 Å². The van der Waals surface area contributed by atoms with Gasteiger partial charge in [-0.05, 0) is 74.1 Å². The van der Waals surface area contributed by atoms with E-state index in [0.29, 0.717) is 6.04 Å². The van der Waals surface area contributed by atoms with Gasteiger partial charge in [0, 0.05) is 25.2 Å². The van der Waals surface area contributed by atoms with Gasteiger partial charge in [0.15, 0.2) is 0 Å². The molecule has 3 aromatic rings. The van der Waals surface area contributed by atoms with E-state index >= 15 is 0 Å². The summed E-state index contributed by atoms with van der Waals surface area (Å²) in [6.45, 7) is 3.89. The van der Waals surface area contributed by atoms with Gasteiger partial charge in [0.05, 0.1) is 24.3 Å². The van der Waals surface area contributed by atoms with Crippen LogP contribution in [0.2, 0.25) is 0 Å². The zero-order valence-corrected chi connectivity index (χ0v) is 19.3. The molecule has 2 aromatic carbocycles. The lowest BCUT2D eigenvalue weighted by Crippen LogP contribution is -2.32. The molecule has 0 atom stereocenters. The molecule has 0 bridgehead atoms. The summed E-state index contributed by atoms with van der Waals surface area (Å²) in [5, 5.41) is 3.75. The Morgan fingerprint density at radius 2 is 1.81 bits per heavy atom. The predicted octanol–water partition coefficient (Wildman–Crippen LogP) is 5.10. The Kier molecular flexibility index (Phi) is 7.59. The normalized spacial score (nSPS) is 18.7. The number of benzene rings is 2. The number of aryl methyl sites for hydroxylation is 2. The lowest BCUT2D eigenvalue weighted by Gasteiger charge is -2.29. The number of methoxy groups -OCH3 is 1. The minimum Gasteiger partial charge on any atom is -0.497 e. The summed E-state index contributed by atoms with van der Waals surface area (Å²) in [7, 11) is 1.65. The average molecular weight is 434 g/mol. The van der Waals surface area contributed by atoms with Crippen LogP contribution in [-0.2, 0) is 19.5 Å². The van der Waals surface area contributed by atoms with E-state index in [-0.39, 0.29) is 5.56 Å². The maximum Gasteiger partial charge on any atom is 0.269 e. The second kappa shape index (κ2) is 10.8. The molecule has 1 heterocycles. The van der Waals surface area contributed by atoms with Gasteiger partial charge in [0.25, 0.3) is 5.56 Å². The molecule has 1 aliphatic rings. The third kappa shape index (κ3) is 5.57. The first kappa shape index (κ1) is 22.5. The van der Waals surface area contributed by atoms with Gasteiger partial charge in [-0.25, -0.2) is 4.98 Å². The fourth-order valence-electron chi connectivity index (χ4n) is 4.85. The molecule has 1 N–H and O–H groups in total. The minimum absolute atomic E-state index is 0.0365. The van der Waals surface area contributed by atoms with Crippen molar-refractivity contribution in [2.75, 3.05) is 7.11 Å². The first-order valence-corrected chi connectivity index (χ1v) is 12.0. The monoisotopic (exact) mass is 433 g/mol. The highest BCUT2D eigenvalue weighted by molar-refractivity contribution is 5.76. The van der Waals surface area contributed by atoms with Crippen molar-refractivity contribution in [1.82, 2.24) is 14.9 Å². The summed E-state index contributed by atoms with van der Waals surface area (Å²) in [5.74, 6) is 1.51. The van der Waals surface area contributed by atoms with Crippen LogP contribution in [0.25, 0.3) is 11.0 Å². The van der Waals surface area contributed by atoms with E-state index in [0.717, 1.165) is 48.6 Å². The van der Waals surface area contributed by atoms with Crippen LogP contribution >= 0.6 is 0 Å². The topological polar surface area (TPSA) is 56.2 Å². The van der Waals surface area contributed by atoms with Crippen LogP contribution in [0.15, 0.2) is 53.5 Å². The second-order valence-electron chi connectivity index (χ2n) is 9.01. The van der Waals surface area contributed by atoms with Crippen molar-refractivity contribution in [3.05, 3.63) is 70.1 Å². The van der Waals surface area contributed by atoms with Crippen LogP contribution in [0.3, 0.4) is 0 Å². The minimum atomic E-state index is -0.0365. The molecule has 170 valence electrons. The SMILES string of the molecule is CCc1ccc(CNC2CCC(CCCn3c(=O)cnc4ccc(OC)cc43)CC2)cc1. The van der Waals surface area contributed by atoms with Crippen LogP contribution in [0.1, 0.15) is 56.6 Å². The van der Waals surface area contributed by atoms with Crippen molar-refractivity contribution < 1.29 is 4.74 Å². The van der Waals surface area contributed by atoms with E-state index in [1.165, 1.54) is 49.4 Å². The predicted molar refractivity (Wildman–Crippen MR) is 130 cm³/mol. The second-order valence-corrected chi connectivity index (χ2v) is 9.01. The van der Waals surface area contributed by atoms with Crippen molar-refractivity contribution in [3.8, 4) is 5.75 Å². The molecule has 5 heteroatoms. The zero-order chi connectivity index (χ0) is 22.3. The third-order valence-corrected chi connectivity index (χ3v) is 6.92. The summed E-state index contributed by atoms with van der Waals surface area (Å²) in [6.07, 6.45) is 9.74. The van der Waals surface area contributed by atoms with E-state index in [9.17, 15) is 4.79 Å². The smallest absolute Gasteiger partial charge is 0.269 e. The van der Waals surface area contributed by atoms with E-state index in [1.54, 1.807) is 7.11 Å². The molecule has 0 spiro atoms. The molecule has 4 rings (SSSR count). The molecular weight excluding hydrogens is 398 g/mol. The molecule has 1 saturated carbocycles. The van der Waals surface area contributed by atoms with Crippen molar-refractivity contribution in [2.24, 2.45) is 5.92 Å². The maximum atomic E-state index is 12.4. The first-order valence-electron chi connectivity index (χ1n) is 12.0. The Hall–Kier alpha value is -2.66. The zero-order valence-electron chi connectivity index (χ0n) is 19.3. The largest absolute Gasteiger partial charge is 0.497 e. The summed E-state index contributed by atoms with van der Waals surface area (Å²) >= 11 is 0. The standard InChI is InChI=1S/C27H35N3O2/c1-3-20-6-8-22(9-7-20)18-28-23-12-10-21(11-13-23)5-4-16-30-26-17-24(32-2)14-15-25(26)29-19-27(30)31/h6-9,14-15,17,19,21,23,28H,3-5,10-13,16,18H2,1-2H3. The first-order chi connectivity index (χ1) is 15.7. The van der Waals surface area contributed by atoms with Crippen LogP contribution in [0.5, 0.6) is 5.75 Å². The van der Waals surface area contributed by atoms with Gasteiger partial charge in [-0.2, -0.15) is 0 Å². The molecule has 0 aliphatic heterocycles. The fraction of sp³-hybridized carbons (Fsp3) is 0.481. The average Bonchev–Trinajstić information content (AvgIpc) is 2.84. The molecule has 0 amide bonds. The number of nitrogens with zero attached hydrogens (tertiary/aromatic N) is 2. The van der Waals surface area contributed by atoms with Crippen LogP contribution < -0.4 is 15.6 Å². The summed E-state index contributed by atoms with van der Waals surface area (Å²) in [6, 6.07) is 15.3. The number of rotatable bonds is 9. The molecule has 1 aromatic heterocycles. The lowest BCUT2D eigenvalue weighted by atomic mass is 9.83. The highest BCUT2D eigenvalue weighted by Gasteiger charge is 2.20.